The van der Waals surface area contributed by atoms with E-state index >= 15 is 0 Å². The van der Waals surface area contributed by atoms with Gasteiger partial charge in [-0.15, -0.1) is 0 Å². The van der Waals surface area contributed by atoms with E-state index in [0.717, 1.165) is 0 Å². The number of carbonyl (C=O) groups is 1. The Morgan fingerprint density at radius 1 is 0.913 bits per heavy atom. The highest BCUT2D eigenvalue weighted by molar-refractivity contribution is 5.71. The molecule has 0 N–H and O–H groups in total. The van der Waals surface area contributed by atoms with E-state index in [-0.39, 0.29) is 12.4 Å². The normalized spacial score (nSPS) is 11.0. The second-order valence-electron chi connectivity index (χ2n) is 5.90. The van der Waals surface area contributed by atoms with Crippen molar-refractivity contribution >= 4 is 5.97 Å². The molecule has 0 saturated heterocycles. The van der Waals surface area contributed by atoms with Crippen molar-refractivity contribution in [3.8, 4) is 17.2 Å². The summed E-state index contributed by atoms with van der Waals surface area (Å²) in [4.78, 5) is 11.6. The van der Waals surface area contributed by atoms with Crippen LogP contribution in [0.5, 0.6) is 17.2 Å². The van der Waals surface area contributed by atoms with Crippen LogP contribution in [0.25, 0.3) is 0 Å². The van der Waals surface area contributed by atoms with Crippen LogP contribution in [0, 0.1) is 5.82 Å². The monoisotopic (exact) mass is 318 g/mol. The Morgan fingerprint density at radius 2 is 1.39 bits per heavy atom. The van der Waals surface area contributed by atoms with Crippen LogP contribution < -0.4 is 9.47 Å². The Labute approximate surface area is 134 Å². The second-order valence-corrected chi connectivity index (χ2v) is 5.90. The summed E-state index contributed by atoms with van der Waals surface area (Å²) in [6.07, 6.45) is 0. The maximum absolute atomic E-state index is 12.8. The number of carbonyl (C=O) groups excluding carboxylic acids is 1. The first-order chi connectivity index (χ1) is 10.8. The molecule has 4 nitrogen and oxygen atoms in total. The minimum absolute atomic E-state index is 0.157. The van der Waals surface area contributed by atoms with Crippen LogP contribution in [0.15, 0.2) is 48.5 Å². The molecule has 0 radical (unpaired) electrons. The molecule has 2 aromatic carbocycles. The van der Waals surface area contributed by atoms with Gasteiger partial charge in [0.1, 0.15) is 28.7 Å². The predicted octanol–water partition coefficient (Wildman–Crippen LogP) is 4.34. The molecule has 0 heterocycles. The van der Waals surface area contributed by atoms with Gasteiger partial charge in [-0.25, -0.2) is 9.18 Å². The average molecular weight is 318 g/mol. The molecule has 0 aliphatic rings. The SMILES string of the molecule is CC(C)(C)OC(=O)COc1ccc(Oc2ccc(F)cc2)cc1. The molecule has 5 heteroatoms. The van der Waals surface area contributed by atoms with Gasteiger partial charge in [-0.1, -0.05) is 0 Å². The highest BCUT2D eigenvalue weighted by Crippen LogP contribution is 2.24. The molecule has 0 aliphatic carbocycles. The standard InChI is InChI=1S/C18H19FO4/c1-18(2,3)23-17(20)12-21-14-8-10-16(11-9-14)22-15-6-4-13(19)5-7-15/h4-11H,12H2,1-3H3. The van der Waals surface area contributed by atoms with Gasteiger partial charge in [-0.2, -0.15) is 0 Å². The fourth-order valence-electron chi connectivity index (χ4n) is 1.76. The van der Waals surface area contributed by atoms with Gasteiger partial charge in [0.15, 0.2) is 6.61 Å². The van der Waals surface area contributed by atoms with E-state index in [4.69, 9.17) is 14.2 Å². The predicted molar refractivity (Wildman–Crippen MR) is 84.3 cm³/mol. The molecule has 0 spiro atoms. The Balaban J connectivity index is 1.87. The van der Waals surface area contributed by atoms with Crippen molar-refractivity contribution in [1.82, 2.24) is 0 Å². The summed E-state index contributed by atoms with van der Waals surface area (Å²) in [7, 11) is 0. The van der Waals surface area contributed by atoms with Crippen molar-refractivity contribution in [1.29, 1.82) is 0 Å². The van der Waals surface area contributed by atoms with Crippen molar-refractivity contribution < 1.29 is 23.4 Å². The molecule has 23 heavy (non-hydrogen) atoms. The molecule has 0 amide bonds. The molecule has 0 bridgehead atoms. The highest BCUT2D eigenvalue weighted by atomic mass is 19.1. The fourth-order valence-corrected chi connectivity index (χ4v) is 1.76. The van der Waals surface area contributed by atoms with Gasteiger partial charge in [0.25, 0.3) is 0 Å². The number of hydrogen-bond acceptors (Lipinski definition) is 4. The summed E-state index contributed by atoms with van der Waals surface area (Å²) < 4.78 is 28.9. The Bertz CT molecular complexity index is 642. The van der Waals surface area contributed by atoms with E-state index < -0.39 is 11.6 Å². The van der Waals surface area contributed by atoms with Crippen molar-refractivity contribution in [3.63, 3.8) is 0 Å². The van der Waals surface area contributed by atoms with Crippen LogP contribution in [0.1, 0.15) is 20.8 Å². The van der Waals surface area contributed by atoms with E-state index in [0.29, 0.717) is 17.2 Å². The van der Waals surface area contributed by atoms with Crippen LogP contribution in [0.4, 0.5) is 4.39 Å². The van der Waals surface area contributed by atoms with Crippen molar-refractivity contribution in [2.24, 2.45) is 0 Å². The summed E-state index contributed by atoms with van der Waals surface area (Å²) in [6, 6.07) is 12.5. The van der Waals surface area contributed by atoms with Gasteiger partial charge < -0.3 is 14.2 Å². The number of rotatable bonds is 5. The third-order valence-corrected chi connectivity index (χ3v) is 2.65. The minimum Gasteiger partial charge on any atom is -0.482 e. The summed E-state index contributed by atoms with van der Waals surface area (Å²) in [5, 5.41) is 0. The lowest BCUT2D eigenvalue weighted by molar-refractivity contribution is -0.157. The lowest BCUT2D eigenvalue weighted by Crippen LogP contribution is -2.27. The van der Waals surface area contributed by atoms with Gasteiger partial charge in [0.05, 0.1) is 0 Å². The molecule has 0 fully saturated rings. The number of halogens is 1. The van der Waals surface area contributed by atoms with Crippen molar-refractivity contribution in [2.45, 2.75) is 26.4 Å². The number of hydrogen-bond donors (Lipinski definition) is 0. The van der Waals surface area contributed by atoms with Gasteiger partial charge in [-0.05, 0) is 69.3 Å². The van der Waals surface area contributed by atoms with Crippen LogP contribution in [-0.4, -0.2) is 18.2 Å². The zero-order chi connectivity index (χ0) is 16.9. The summed E-state index contributed by atoms with van der Waals surface area (Å²) in [6.45, 7) is 5.24. The molecule has 2 aromatic rings. The van der Waals surface area contributed by atoms with E-state index in [1.807, 2.05) is 0 Å². The number of ether oxygens (including phenoxy) is 3. The first kappa shape index (κ1) is 16.8. The lowest BCUT2D eigenvalue weighted by Gasteiger charge is -2.19. The second kappa shape index (κ2) is 7.13. The zero-order valence-electron chi connectivity index (χ0n) is 13.3. The highest BCUT2D eigenvalue weighted by Gasteiger charge is 2.16. The quantitative estimate of drug-likeness (QED) is 0.769. The summed E-state index contributed by atoms with van der Waals surface area (Å²) in [5.41, 5.74) is -0.534. The van der Waals surface area contributed by atoms with E-state index in [1.54, 1.807) is 57.2 Å². The average Bonchev–Trinajstić information content (AvgIpc) is 2.47. The molecule has 0 saturated carbocycles. The third kappa shape index (κ3) is 5.98. The molecular weight excluding hydrogens is 299 g/mol. The smallest absolute Gasteiger partial charge is 0.344 e. The van der Waals surface area contributed by atoms with E-state index in [1.165, 1.54) is 12.1 Å². The van der Waals surface area contributed by atoms with Gasteiger partial charge >= 0.3 is 5.97 Å². The Morgan fingerprint density at radius 3 is 1.91 bits per heavy atom. The maximum Gasteiger partial charge on any atom is 0.344 e. The Hall–Kier alpha value is -2.56. The van der Waals surface area contributed by atoms with Crippen molar-refractivity contribution in [3.05, 3.63) is 54.3 Å². The van der Waals surface area contributed by atoms with Gasteiger partial charge in [0, 0.05) is 0 Å². The number of esters is 1. The topological polar surface area (TPSA) is 44.8 Å². The minimum atomic E-state index is -0.534. The van der Waals surface area contributed by atoms with Crippen LogP contribution >= 0.6 is 0 Å². The van der Waals surface area contributed by atoms with Crippen LogP contribution in [0.3, 0.4) is 0 Å². The fraction of sp³-hybridized carbons (Fsp3) is 0.278. The third-order valence-electron chi connectivity index (χ3n) is 2.65. The molecule has 0 aromatic heterocycles. The van der Waals surface area contributed by atoms with Crippen LogP contribution in [-0.2, 0) is 9.53 Å². The van der Waals surface area contributed by atoms with E-state index in [2.05, 4.69) is 0 Å². The molecular formula is C18H19FO4. The first-order valence-corrected chi connectivity index (χ1v) is 7.20. The molecule has 122 valence electrons. The summed E-state index contributed by atoms with van der Waals surface area (Å²) in [5.74, 6) is 0.907. The molecule has 2 rings (SSSR count). The van der Waals surface area contributed by atoms with Gasteiger partial charge in [-0.3, -0.25) is 0 Å². The molecule has 0 aliphatic heterocycles. The van der Waals surface area contributed by atoms with E-state index in [9.17, 15) is 9.18 Å². The maximum atomic E-state index is 12.8. The van der Waals surface area contributed by atoms with Gasteiger partial charge in [0.2, 0.25) is 0 Å². The first-order valence-electron chi connectivity index (χ1n) is 7.20. The molecule has 0 atom stereocenters. The number of benzene rings is 2. The van der Waals surface area contributed by atoms with Crippen molar-refractivity contribution in [2.75, 3.05) is 6.61 Å². The zero-order valence-corrected chi connectivity index (χ0v) is 13.3. The lowest BCUT2D eigenvalue weighted by atomic mass is 10.2. The molecule has 0 unspecified atom stereocenters. The Kier molecular flexibility index (Phi) is 5.21. The van der Waals surface area contributed by atoms with Crippen LogP contribution in [0.2, 0.25) is 0 Å². The summed E-state index contributed by atoms with van der Waals surface area (Å²) >= 11 is 0. The largest absolute Gasteiger partial charge is 0.482 e.